The molecule has 0 radical (unpaired) electrons. The van der Waals surface area contributed by atoms with E-state index in [-0.39, 0.29) is 23.8 Å². The van der Waals surface area contributed by atoms with E-state index < -0.39 is 0 Å². The fourth-order valence-electron chi connectivity index (χ4n) is 3.77. The first-order chi connectivity index (χ1) is 13.0. The van der Waals surface area contributed by atoms with Crippen molar-refractivity contribution < 1.29 is 9.59 Å². The average Bonchev–Trinajstić information content (AvgIpc) is 2.68. The van der Waals surface area contributed by atoms with E-state index >= 15 is 0 Å². The zero-order chi connectivity index (χ0) is 19.2. The highest BCUT2D eigenvalue weighted by molar-refractivity contribution is 5.80. The van der Waals surface area contributed by atoms with E-state index in [0.717, 1.165) is 44.8 Å². The van der Waals surface area contributed by atoms with Gasteiger partial charge in [-0.1, -0.05) is 0 Å². The fraction of sp³-hybridized carbons (Fsp3) is 0.684. The lowest BCUT2D eigenvalue weighted by molar-refractivity contribution is -0.138. The molecule has 1 aromatic rings. The molecular weight excluding hydrogens is 344 g/mol. The highest BCUT2D eigenvalue weighted by atomic mass is 16.2. The van der Waals surface area contributed by atoms with Crippen LogP contribution in [0.1, 0.15) is 26.7 Å². The average molecular weight is 374 g/mol. The summed E-state index contributed by atoms with van der Waals surface area (Å²) in [5.41, 5.74) is 0. The maximum absolute atomic E-state index is 12.9. The third kappa shape index (κ3) is 5.38. The molecule has 8 heteroatoms. The van der Waals surface area contributed by atoms with Crippen LogP contribution in [0.15, 0.2) is 18.6 Å². The molecule has 0 aromatic carbocycles. The van der Waals surface area contributed by atoms with Gasteiger partial charge < -0.3 is 15.1 Å². The van der Waals surface area contributed by atoms with Crippen LogP contribution in [0.4, 0.5) is 5.82 Å². The Hall–Kier alpha value is -2.22. The van der Waals surface area contributed by atoms with E-state index in [9.17, 15) is 9.59 Å². The second-order valence-corrected chi connectivity index (χ2v) is 7.65. The summed E-state index contributed by atoms with van der Waals surface area (Å²) in [6, 6.07) is 0.160. The van der Waals surface area contributed by atoms with Crippen molar-refractivity contribution in [1.29, 1.82) is 0 Å². The Morgan fingerprint density at radius 3 is 2.41 bits per heavy atom. The number of hydrogen-bond donors (Lipinski definition) is 1. The molecule has 148 valence electrons. The number of carbonyl (C=O) groups is 2. The maximum Gasteiger partial charge on any atom is 0.234 e. The predicted molar refractivity (Wildman–Crippen MR) is 103 cm³/mol. The molecule has 0 unspecified atom stereocenters. The normalized spacial score (nSPS) is 19.4. The van der Waals surface area contributed by atoms with Crippen LogP contribution in [0.25, 0.3) is 0 Å². The van der Waals surface area contributed by atoms with Crippen LogP contribution in [0.3, 0.4) is 0 Å². The molecule has 2 amide bonds. The van der Waals surface area contributed by atoms with Crippen molar-refractivity contribution in [2.45, 2.75) is 32.7 Å². The summed E-state index contributed by atoms with van der Waals surface area (Å²) in [6.45, 7) is 8.95. The summed E-state index contributed by atoms with van der Waals surface area (Å²) in [5.74, 6) is 1.30. The topological polar surface area (TPSA) is 81.7 Å². The highest BCUT2D eigenvalue weighted by Crippen LogP contribution is 2.23. The Bertz CT molecular complexity index is 622. The Morgan fingerprint density at radius 1 is 1.11 bits per heavy atom. The summed E-state index contributed by atoms with van der Waals surface area (Å²) < 4.78 is 0. The number of piperidine rings is 1. The lowest BCUT2D eigenvalue weighted by atomic mass is 9.95. The number of anilines is 1. The zero-order valence-electron chi connectivity index (χ0n) is 16.3. The standard InChI is InChI=1S/C19H30N6O2/c1-15(2)22-18(26)14-23-9-11-25(12-10-23)19(27)16-3-7-24(8-4-16)17-13-20-5-6-21-17/h5-6,13,15-16H,3-4,7-12,14H2,1-2H3,(H,22,26). The van der Waals surface area contributed by atoms with E-state index in [2.05, 4.69) is 25.1 Å². The first-order valence-corrected chi connectivity index (χ1v) is 9.84. The monoisotopic (exact) mass is 374 g/mol. The molecule has 8 nitrogen and oxygen atoms in total. The number of rotatable bonds is 5. The Labute approximate surface area is 160 Å². The molecule has 2 fully saturated rings. The Kier molecular flexibility index (Phi) is 6.60. The smallest absolute Gasteiger partial charge is 0.234 e. The summed E-state index contributed by atoms with van der Waals surface area (Å²) >= 11 is 0. The van der Waals surface area contributed by atoms with Crippen molar-refractivity contribution in [3.8, 4) is 0 Å². The predicted octanol–water partition coefficient (Wildman–Crippen LogP) is 0.362. The second-order valence-electron chi connectivity index (χ2n) is 7.65. The minimum Gasteiger partial charge on any atom is -0.355 e. The molecule has 0 saturated carbocycles. The van der Waals surface area contributed by atoms with E-state index in [1.165, 1.54) is 0 Å². The SMILES string of the molecule is CC(C)NC(=O)CN1CCN(C(=O)C2CCN(c3cnccn3)CC2)CC1. The van der Waals surface area contributed by atoms with Crippen LogP contribution in [0.2, 0.25) is 0 Å². The summed E-state index contributed by atoms with van der Waals surface area (Å²) in [4.78, 5) is 39.5. The number of carbonyl (C=O) groups excluding carboxylic acids is 2. The van der Waals surface area contributed by atoms with E-state index in [1.807, 2.05) is 18.7 Å². The third-order valence-corrected chi connectivity index (χ3v) is 5.22. The number of nitrogens with one attached hydrogen (secondary N) is 1. The summed E-state index contributed by atoms with van der Waals surface area (Å²) in [5, 5.41) is 2.92. The van der Waals surface area contributed by atoms with Gasteiger partial charge in [0.25, 0.3) is 0 Å². The minimum atomic E-state index is 0.0566. The molecule has 0 aliphatic carbocycles. The van der Waals surface area contributed by atoms with Crippen molar-refractivity contribution >= 4 is 17.6 Å². The van der Waals surface area contributed by atoms with Gasteiger partial charge in [0, 0.05) is 63.6 Å². The van der Waals surface area contributed by atoms with Crippen LogP contribution in [-0.4, -0.2) is 83.4 Å². The number of aromatic nitrogens is 2. The summed E-state index contributed by atoms with van der Waals surface area (Å²) in [6.07, 6.45) is 6.86. The van der Waals surface area contributed by atoms with Crippen molar-refractivity contribution in [3.05, 3.63) is 18.6 Å². The van der Waals surface area contributed by atoms with Gasteiger partial charge >= 0.3 is 0 Å². The lowest BCUT2D eigenvalue weighted by Crippen LogP contribution is -2.53. The fourth-order valence-corrected chi connectivity index (χ4v) is 3.77. The molecule has 0 atom stereocenters. The number of piperazine rings is 1. The maximum atomic E-state index is 12.9. The lowest BCUT2D eigenvalue weighted by Gasteiger charge is -2.38. The minimum absolute atomic E-state index is 0.0566. The van der Waals surface area contributed by atoms with Gasteiger partial charge in [-0.2, -0.15) is 0 Å². The van der Waals surface area contributed by atoms with Crippen molar-refractivity contribution in [2.24, 2.45) is 5.92 Å². The largest absolute Gasteiger partial charge is 0.355 e. The van der Waals surface area contributed by atoms with Crippen LogP contribution >= 0.6 is 0 Å². The van der Waals surface area contributed by atoms with Gasteiger partial charge in [0.1, 0.15) is 5.82 Å². The van der Waals surface area contributed by atoms with Crippen LogP contribution < -0.4 is 10.2 Å². The van der Waals surface area contributed by atoms with Gasteiger partial charge in [0.2, 0.25) is 11.8 Å². The first-order valence-electron chi connectivity index (χ1n) is 9.84. The molecule has 2 aliphatic rings. The first kappa shape index (κ1) is 19.5. The van der Waals surface area contributed by atoms with E-state index in [1.54, 1.807) is 18.6 Å². The van der Waals surface area contributed by atoms with Gasteiger partial charge in [-0.25, -0.2) is 4.98 Å². The Balaban J connectivity index is 1.42. The number of amides is 2. The molecule has 0 bridgehead atoms. The molecule has 2 saturated heterocycles. The van der Waals surface area contributed by atoms with Crippen LogP contribution in [0.5, 0.6) is 0 Å². The molecule has 1 aromatic heterocycles. The number of hydrogen-bond acceptors (Lipinski definition) is 6. The van der Waals surface area contributed by atoms with Gasteiger partial charge in [-0.3, -0.25) is 19.5 Å². The third-order valence-electron chi connectivity index (χ3n) is 5.22. The molecular formula is C19H30N6O2. The number of nitrogens with zero attached hydrogens (tertiary/aromatic N) is 5. The second kappa shape index (κ2) is 9.12. The molecule has 1 N–H and O–H groups in total. The zero-order valence-corrected chi connectivity index (χ0v) is 16.3. The molecule has 0 spiro atoms. The molecule has 3 heterocycles. The van der Waals surface area contributed by atoms with Crippen molar-refractivity contribution in [3.63, 3.8) is 0 Å². The van der Waals surface area contributed by atoms with Crippen LogP contribution in [0, 0.1) is 5.92 Å². The van der Waals surface area contributed by atoms with Crippen molar-refractivity contribution in [2.75, 3.05) is 50.7 Å². The van der Waals surface area contributed by atoms with Gasteiger partial charge in [0.05, 0.1) is 12.7 Å². The highest BCUT2D eigenvalue weighted by Gasteiger charge is 2.31. The van der Waals surface area contributed by atoms with E-state index in [0.29, 0.717) is 19.6 Å². The van der Waals surface area contributed by atoms with Crippen molar-refractivity contribution in [1.82, 2.24) is 25.1 Å². The van der Waals surface area contributed by atoms with Gasteiger partial charge in [-0.15, -0.1) is 0 Å². The van der Waals surface area contributed by atoms with Crippen LogP contribution in [-0.2, 0) is 9.59 Å². The molecule has 2 aliphatic heterocycles. The Morgan fingerprint density at radius 2 is 1.81 bits per heavy atom. The molecule has 3 rings (SSSR count). The quantitative estimate of drug-likeness (QED) is 0.802. The molecule has 27 heavy (non-hydrogen) atoms. The van der Waals surface area contributed by atoms with Gasteiger partial charge in [-0.05, 0) is 26.7 Å². The van der Waals surface area contributed by atoms with E-state index in [4.69, 9.17) is 0 Å². The van der Waals surface area contributed by atoms with Gasteiger partial charge in [0.15, 0.2) is 0 Å². The summed E-state index contributed by atoms with van der Waals surface area (Å²) in [7, 11) is 0.